The second-order valence-electron chi connectivity index (χ2n) is 8.98. The van der Waals surface area contributed by atoms with Crippen molar-refractivity contribution in [2.45, 2.75) is 52.8 Å². The van der Waals surface area contributed by atoms with Gasteiger partial charge in [-0.2, -0.15) is 5.10 Å². The van der Waals surface area contributed by atoms with Gasteiger partial charge in [0.05, 0.1) is 40.8 Å². The lowest BCUT2D eigenvalue weighted by Gasteiger charge is -2.26. The van der Waals surface area contributed by atoms with Gasteiger partial charge >= 0.3 is 6.09 Å². The van der Waals surface area contributed by atoms with Crippen molar-refractivity contribution >= 4 is 34.5 Å². The minimum Gasteiger partial charge on any atom is -0.491 e. The molecule has 1 aliphatic rings. The molecular formula is C22H26ClFN6O3. The highest BCUT2D eigenvalue weighted by atomic mass is 35.5. The average Bonchev–Trinajstić information content (AvgIpc) is 2.92. The second kappa shape index (κ2) is 8.33. The van der Waals surface area contributed by atoms with Crippen molar-refractivity contribution in [3.8, 4) is 5.75 Å². The predicted molar refractivity (Wildman–Crippen MR) is 122 cm³/mol. The van der Waals surface area contributed by atoms with Gasteiger partial charge in [0, 0.05) is 5.56 Å². The van der Waals surface area contributed by atoms with Crippen LogP contribution in [0.3, 0.4) is 0 Å². The largest absolute Gasteiger partial charge is 0.491 e. The summed E-state index contributed by atoms with van der Waals surface area (Å²) in [5.74, 6) is 0.0288. The molecule has 1 aliphatic heterocycles. The molecule has 2 N–H and O–H groups in total. The number of rotatable bonds is 2. The summed E-state index contributed by atoms with van der Waals surface area (Å²) < 4.78 is 28.3. The number of nitrogens with two attached hydrogens (primary N) is 1. The van der Waals surface area contributed by atoms with Crippen molar-refractivity contribution in [2.75, 3.05) is 18.9 Å². The number of hydrogen-bond acceptors (Lipinski definition) is 7. The number of nitrogens with zero attached hydrogens (tertiary/aromatic N) is 5. The quantitative estimate of drug-likeness (QED) is 0.589. The number of anilines is 1. The van der Waals surface area contributed by atoms with Crippen molar-refractivity contribution in [3.05, 3.63) is 40.1 Å². The Kier molecular flexibility index (Phi) is 5.81. The molecule has 9 nitrogen and oxygen atoms in total. The van der Waals surface area contributed by atoms with Crippen molar-refractivity contribution in [3.63, 3.8) is 0 Å². The molecule has 1 unspecified atom stereocenters. The summed E-state index contributed by atoms with van der Waals surface area (Å²) in [6.07, 6.45) is 0.823. The van der Waals surface area contributed by atoms with Crippen LogP contribution in [0.2, 0.25) is 5.02 Å². The SMILES string of the molecule is Cc1nn(C(C)c2cc(Cl)c(F)c3c2OCCN(C(=O)OC(C)(C)C)C3)c2ncnc(N)c12. The van der Waals surface area contributed by atoms with Crippen LogP contribution in [-0.4, -0.2) is 49.5 Å². The Morgan fingerprint density at radius 3 is 2.79 bits per heavy atom. The van der Waals surface area contributed by atoms with Gasteiger partial charge in [0.15, 0.2) is 11.5 Å². The maximum atomic E-state index is 15.1. The molecule has 0 aliphatic carbocycles. The van der Waals surface area contributed by atoms with Crippen molar-refractivity contribution in [1.29, 1.82) is 0 Å². The number of benzene rings is 1. The maximum absolute atomic E-state index is 15.1. The van der Waals surface area contributed by atoms with E-state index in [1.165, 1.54) is 17.3 Å². The highest BCUT2D eigenvalue weighted by molar-refractivity contribution is 6.31. The minimum absolute atomic E-state index is 0.0373. The fourth-order valence-electron chi connectivity index (χ4n) is 3.89. The van der Waals surface area contributed by atoms with Crippen molar-refractivity contribution < 1.29 is 18.7 Å². The summed E-state index contributed by atoms with van der Waals surface area (Å²) in [6, 6.07) is 1.10. The first kappa shape index (κ1) is 23.0. The number of ether oxygens (including phenoxy) is 2. The molecule has 3 aromatic rings. The minimum atomic E-state index is -0.678. The summed E-state index contributed by atoms with van der Waals surface area (Å²) >= 11 is 6.28. The molecular weight excluding hydrogens is 451 g/mol. The fourth-order valence-corrected chi connectivity index (χ4v) is 4.12. The van der Waals surface area contributed by atoms with Crippen LogP contribution >= 0.6 is 11.6 Å². The first-order valence-electron chi connectivity index (χ1n) is 10.5. The van der Waals surface area contributed by atoms with E-state index in [1.54, 1.807) is 25.5 Å². The zero-order valence-corrected chi connectivity index (χ0v) is 19.9. The molecule has 4 rings (SSSR count). The third kappa shape index (κ3) is 4.27. The van der Waals surface area contributed by atoms with Gasteiger partial charge in [-0.3, -0.25) is 0 Å². The van der Waals surface area contributed by atoms with E-state index in [2.05, 4.69) is 15.1 Å². The van der Waals surface area contributed by atoms with Gasteiger partial charge in [-0.25, -0.2) is 23.8 Å². The molecule has 1 atom stereocenters. The standard InChI is InChI=1S/C22H26ClFN6O3/c1-11-16-19(25)26-10-27-20(16)30(28-11)12(2)13-8-15(23)17(24)14-9-29(6-7-32-18(13)14)21(31)33-22(3,4)5/h8,10,12H,6-7,9H2,1-5H3,(H2,25,26,27). The lowest BCUT2D eigenvalue weighted by atomic mass is 10.0. The third-order valence-corrected chi connectivity index (χ3v) is 5.69. The smallest absolute Gasteiger partial charge is 0.410 e. The Morgan fingerprint density at radius 2 is 2.09 bits per heavy atom. The molecule has 0 radical (unpaired) electrons. The van der Waals surface area contributed by atoms with Gasteiger partial charge < -0.3 is 20.1 Å². The molecule has 0 fully saturated rings. The Balaban J connectivity index is 1.78. The normalized spacial score (nSPS) is 15.1. The molecule has 0 saturated carbocycles. The Morgan fingerprint density at radius 1 is 1.36 bits per heavy atom. The number of nitrogen functional groups attached to an aromatic ring is 1. The highest BCUT2D eigenvalue weighted by Gasteiger charge is 2.31. The van der Waals surface area contributed by atoms with Gasteiger partial charge in [-0.15, -0.1) is 0 Å². The third-order valence-electron chi connectivity index (χ3n) is 5.41. The molecule has 0 spiro atoms. The number of carbonyl (C=O) groups excluding carboxylic acids is 1. The monoisotopic (exact) mass is 476 g/mol. The molecule has 1 aromatic carbocycles. The summed E-state index contributed by atoms with van der Waals surface area (Å²) in [4.78, 5) is 22.4. The van der Waals surface area contributed by atoms with E-state index < -0.39 is 23.6 Å². The van der Waals surface area contributed by atoms with Gasteiger partial charge in [0.1, 0.15) is 30.1 Å². The van der Waals surface area contributed by atoms with E-state index >= 15 is 4.39 Å². The Hall–Kier alpha value is -3.14. The van der Waals surface area contributed by atoms with Crippen LogP contribution in [0, 0.1) is 12.7 Å². The summed E-state index contributed by atoms with van der Waals surface area (Å²) in [5.41, 5.74) is 7.37. The number of aromatic nitrogens is 4. The summed E-state index contributed by atoms with van der Waals surface area (Å²) in [5, 5.41) is 5.17. The average molecular weight is 477 g/mol. The first-order valence-corrected chi connectivity index (χ1v) is 10.9. The van der Waals surface area contributed by atoms with Gasteiger partial charge in [-0.05, 0) is 40.7 Å². The topological polar surface area (TPSA) is 108 Å². The fraction of sp³-hybridized carbons (Fsp3) is 0.455. The van der Waals surface area contributed by atoms with Crippen LogP contribution in [0.4, 0.5) is 15.0 Å². The van der Waals surface area contributed by atoms with Gasteiger partial charge in [-0.1, -0.05) is 11.6 Å². The predicted octanol–water partition coefficient (Wildman–Crippen LogP) is 4.25. The zero-order chi connectivity index (χ0) is 24.1. The highest BCUT2D eigenvalue weighted by Crippen LogP contribution is 2.39. The summed E-state index contributed by atoms with van der Waals surface area (Å²) in [6.45, 7) is 9.39. The zero-order valence-electron chi connectivity index (χ0n) is 19.1. The summed E-state index contributed by atoms with van der Waals surface area (Å²) in [7, 11) is 0. The maximum Gasteiger partial charge on any atom is 0.410 e. The molecule has 3 heterocycles. The molecule has 11 heteroatoms. The Bertz CT molecular complexity index is 1240. The molecule has 0 bridgehead atoms. The number of halogens is 2. The molecule has 2 aromatic heterocycles. The van der Waals surface area contributed by atoms with E-state index in [-0.39, 0.29) is 30.3 Å². The number of carbonyl (C=O) groups is 1. The Labute approximate surface area is 195 Å². The number of hydrogen-bond donors (Lipinski definition) is 1. The lowest BCUT2D eigenvalue weighted by molar-refractivity contribution is 0.0224. The van der Waals surface area contributed by atoms with Crippen LogP contribution in [0.5, 0.6) is 5.75 Å². The number of amides is 1. The van der Waals surface area contributed by atoms with E-state index in [0.717, 1.165) is 0 Å². The van der Waals surface area contributed by atoms with E-state index in [0.29, 0.717) is 33.9 Å². The van der Waals surface area contributed by atoms with Crippen LogP contribution in [0.1, 0.15) is 50.6 Å². The second-order valence-corrected chi connectivity index (χ2v) is 9.39. The molecule has 0 saturated heterocycles. The molecule has 176 valence electrons. The van der Waals surface area contributed by atoms with Crippen LogP contribution < -0.4 is 10.5 Å². The molecule has 1 amide bonds. The van der Waals surface area contributed by atoms with Crippen LogP contribution in [-0.2, 0) is 11.3 Å². The van der Waals surface area contributed by atoms with E-state index in [4.69, 9.17) is 26.8 Å². The van der Waals surface area contributed by atoms with Gasteiger partial charge in [0.25, 0.3) is 0 Å². The lowest BCUT2D eigenvalue weighted by Crippen LogP contribution is -2.37. The number of aryl methyl sites for hydroxylation is 1. The van der Waals surface area contributed by atoms with Crippen LogP contribution in [0.25, 0.3) is 11.0 Å². The van der Waals surface area contributed by atoms with Crippen molar-refractivity contribution in [2.24, 2.45) is 0 Å². The number of fused-ring (bicyclic) bond motifs is 2. The van der Waals surface area contributed by atoms with E-state index in [9.17, 15) is 4.79 Å². The van der Waals surface area contributed by atoms with Gasteiger partial charge in [0.2, 0.25) is 0 Å². The molecule has 33 heavy (non-hydrogen) atoms. The van der Waals surface area contributed by atoms with E-state index in [1.807, 2.05) is 13.8 Å². The van der Waals surface area contributed by atoms with Crippen LogP contribution in [0.15, 0.2) is 12.4 Å². The van der Waals surface area contributed by atoms with Crippen molar-refractivity contribution in [1.82, 2.24) is 24.6 Å². The first-order chi connectivity index (χ1) is 15.5.